The van der Waals surface area contributed by atoms with Gasteiger partial charge in [0.1, 0.15) is 6.04 Å². The lowest BCUT2D eigenvalue weighted by Gasteiger charge is -2.18. The molecular formula is C17H17BrN2O. The summed E-state index contributed by atoms with van der Waals surface area (Å²) in [5.41, 5.74) is 3.37. The standard InChI is InChI=1S/C17H17BrN2O/c1-11(12-6-8-14(18)9-7-12)19-17(21)16-10-13-4-2-3-5-15(13)20-16/h2-9,11,16,20H,10H2,1H3,(H,19,21)/t11-,16?/m0/s1. The fraction of sp³-hybridized carbons (Fsp3) is 0.235. The molecule has 0 fully saturated rings. The molecule has 4 heteroatoms. The van der Waals surface area contributed by atoms with Gasteiger partial charge in [0.15, 0.2) is 0 Å². The maximum atomic E-state index is 12.4. The molecule has 2 aromatic carbocycles. The maximum Gasteiger partial charge on any atom is 0.243 e. The van der Waals surface area contributed by atoms with Gasteiger partial charge in [-0.3, -0.25) is 4.79 Å². The van der Waals surface area contributed by atoms with Crippen molar-refractivity contribution < 1.29 is 4.79 Å². The molecule has 3 rings (SSSR count). The Labute approximate surface area is 132 Å². The van der Waals surface area contributed by atoms with E-state index in [1.54, 1.807) is 0 Å². The van der Waals surface area contributed by atoms with Crippen LogP contribution in [0.4, 0.5) is 5.69 Å². The molecule has 1 aliphatic heterocycles. The van der Waals surface area contributed by atoms with Crippen molar-refractivity contribution >= 4 is 27.5 Å². The second kappa shape index (κ2) is 5.90. The highest BCUT2D eigenvalue weighted by Crippen LogP contribution is 2.25. The van der Waals surface area contributed by atoms with Crippen LogP contribution in [0.25, 0.3) is 0 Å². The summed E-state index contributed by atoms with van der Waals surface area (Å²) in [7, 11) is 0. The first-order chi connectivity index (χ1) is 10.1. The van der Waals surface area contributed by atoms with Crippen molar-refractivity contribution in [2.75, 3.05) is 5.32 Å². The minimum Gasteiger partial charge on any atom is -0.373 e. The molecule has 1 unspecified atom stereocenters. The lowest BCUT2D eigenvalue weighted by Crippen LogP contribution is -2.39. The molecule has 1 amide bonds. The van der Waals surface area contributed by atoms with Gasteiger partial charge in [0.25, 0.3) is 0 Å². The second-order valence-corrected chi connectivity index (χ2v) is 6.26. The lowest BCUT2D eigenvalue weighted by atomic mass is 10.1. The van der Waals surface area contributed by atoms with E-state index < -0.39 is 0 Å². The van der Waals surface area contributed by atoms with E-state index in [0.29, 0.717) is 0 Å². The summed E-state index contributed by atoms with van der Waals surface area (Å²) in [6.45, 7) is 2.00. The Morgan fingerprint density at radius 1 is 1.24 bits per heavy atom. The Bertz CT molecular complexity index is 629. The molecule has 2 N–H and O–H groups in total. The summed E-state index contributed by atoms with van der Waals surface area (Å²) >= 11 is 3.42. The Kier molecular flexibility index (Phi) is 3.97. The largest absolute Gasteiger partial charge is 0.373 e. The first-order valence-corrected chi connectivity index (χ1v) is 7.83. The third-order valence-electron chi connectivity index (χ3n) is 3.82. The molecule has 2 aromatic rings. The van der Waals surface area contributed by atoms with Gasteiger partial charge in [-0.15, -0.1) is 0 Å². The van der Waals surface area contributed by atoms with Gasteiger partial charge in [0, 0.05) is 16.6 Å². The molecule has 2 atom stereocenters. The normalized spacial score (nSPS) is 17.7. The van der Waals surface area contributed by atoms with Crippen molar-refractivity contribution in [1.82, 2.24) is 5.32 Å². The SMILES string of the molecule is C[C@H](NC(=O)C1Cc2ccccc2N1)c1ccc(Br)cc1. The van der Waals surface area contributed by atoms with E-state index in [9.17, 15) is 4.79 Å². The van der Waals surface area contributed by atoms with Gasteiger partial charge in [0.05, 0.1) is 6.04 Å². The monoisotopic (exact) mass is 344 g/mol. The average molecular weight is 345 g/mol. The Morgan fingerprint density at radius 2 is 1.95 bits per heavy atom. The number of benzene rings is 2. The zero-order valence-corrected chi connectivity index (χ0v) is 13.4. The number of anilines is 1. The van der Waals surface area contributed by atoms with E-state index in [-0.39, 0.29) is 18.0 Å². The minimum absolute atomic E-state index is 0.00360. The molecule has 0 saturated carbocycles. The van der Waals surface area contributed by atoms with Crippen LogP contribution >= 0.6 is 15.9 Å². The number of hydrogen-bond donors (Lipinski definition) is 2. The molecule has 0 bridgehead atoms. The zero-order chi connectivity index (χ0) is 14.8. The highest BCUT2D eigenvalue weighted by Gasteiger charge is 2.27. The van der Waals surface area contributed by atoms with E-state index in [1.165, 1.54) is 5.56 Å². The number of hydrogen-bond acceptors (Lipinski definition) is 2. The predicted molar refractivity (Wildman–Crippen MR) is 88.3 cm³/mol. The first kappa shape index (κ1) is 14.1. The Morgan fingerprint density at radius 3 is 2.67 bits per heavy atom. The van der Waals surface area contributed by atoms with Crippen LogP contribution in [0.2, 0.25) is 0 Å². The van der Waals surface area contributed by atoms with Crippen molar-refractivity contribution in [3.63, 3.8) is 0 Å². The quantitative estimate of drug-likeness (QED) is 0.891. The molecular weight excluding hydrogens is 328 g/mol. The number of carbonyl (C=O) groups is 1. The molecule has 0 aromatic heterocycles. The van der Waals surface area contributed by atoms with Crippen LogP contribution in [0.1, 0.15) is 24.1 Å². The van der Waals surface area contributed by atoms with Crippen LogP contribution < -0.4 is 10.6 Å². The number of nitrogens with one attached hydrogen (secondary N) is 2. The smallest absolute Gasteiger partial charge is 0.243 e. The van der Waals surface area contributed by atoms with Crippen LogP contribution in [-0.2, 0) is 11.2 Å². The third kappa shape index (κ3) is 3.10. The number of carbonyl (C=O) groups excluding carboxylic acids is 1. The summed E-state index contributed by atoms with van der Waals surface area (Å²) in [4.78, 5) is 12.4. The number of halogens is 1. The maximum absolute atomic E-state index is 12.4. The lowest BCUT2D eigenvalue weighted by molar-refractivity contribution is -0.122. The number of fused-ring (bicyclic) bond motifs is 1. The number of para-hydroxylation sites is 1. The van der Waals surface area contributed by atoms with Crippen molar-refractivity contribution in [3.05, 3.63) is 64.1 Å². The fourth-order valence-corrected chi connectivity index (χ4v) is 2.87. The molecule has 0 aliphatic carbocycles. The van der Waals surface area contributed by atoms with Gasteiger partial charge in [-0.2, -0.15) is 0 Å². The Balaban J connectivity index is 1.64. The summed E-state index contributed by atoms with van der Waals surface area (Å²) in [5, 5.41) is 6.36. The van der Waals surface area contributed by atoms with E-state index in [2.05, 4.69) is 32.6 Å². The molecule has 0 spiro atoms. The van der Waals surface area contributed by atoms with Crippen LogP contribution in [0.3, 0.4) is 0 Å². The van der Waals surface area contributed by atoms with Crippen LogP contribution in [-0.4, -0.2) is 11.9 Å². The van der Waals surface area contributed by atoms with Gasteiger partial charge in [-0.05, 0) is 36.2 Å². The van der Waals surface area contributed by atoms with Crippen LogP contribution in [0.15, 0.2) is 53.0 Å². The number of amides is 1. The van der Waals surface area contributed by atoms with E-state index >= 15 is 0 Å². The highest BCUT2D eigenvalue weighted by atomic mass is 79.9. The molecule has 21 heavy (non-hydrogen) atoms. The molecule has 108 valence electrons. The molecule has 1 aliphatic rings. The van der Waals surface area contributed by atoms with Gasteiger partial charge in [-0.25, -0.2) is 0 Å². The first-order valence-electron chi connectivity index (χ1n) is 7.04. The van der Waals surface area contributed by atoms with Gasteiger partial charge in [-0.1, -0.05) is 46.3 Å². The average Bonchev–Trinajstić information content (AvgIpc) is 2.92. The van der Waals surface area contributed by atoms with E-state index in [1.807, 2.05) is 49.4 Å². The third-order valence-corrected chi connectivity index (χ3v) is 4.35. The van der Waals surface area contributed by atoms with Crippen LogP contribution in [0, 0.1) is 0 Å². The van der Waals surface area contributed by atoms with Crippen molar-refractivity contribution in [3.8, 4) is 0 Å². The van der Waals surface area contributed by atoms with Gasteiger partial charge in [0.2, 0.25) is 5.91 Å². The fourth-order valence-electron chi connectivity index (χ4n) is 2.60. The topological polar surface area (TPSA) is 41.1 Å². The zero-order valence-electron chi connectivity index (χ0n) is 11.8. The summed E-state index contributed by atoms with van der Waals surface area (Å²) in [6.07, 6.45) is 0.745. The predicted octanol–water partition coefficient (Wildman–Crippen LogP) is 3.66. The summed E-state index contributed by atoms with van der Waals surface area (Å²) in [6, 6.07) is 15.9. The molecule has 0 saturated heterocycles. The molecule has 1 heterocycles. The summed E-state index contributed by atoms with van der Waals surface area (Å²) < 4.78 is 1.04. The van der Waals surface area contributed by atoms with Gasteiger partial charge >= 0.3 is 0 Å². The van der Waals surface area contributed by atoms with Crippen molar-refractivity contribution in [2.24, 2.45) is 0 Å². The van der Waals surface area contributed by atoms with Crippen molar-refractivity contribution in [1.29, 1.82) is 0 Å². The molecule has 0 radical (unpaired) electrons. The number of rotatable bonds is 3. The molecule has 3 nitrogen and oxygen atoms in total. The van der Waals surface area contributed by atoms with E-state index in [0.717, 1.165) is 22.1 Å². The Hall–Kier alpha value is -1.81. The van der Waals surface area contributed by atoms with Crippen molar-refractivity contribution in [2.45, 2.75) is 25.4 Å². The van der Waals surface area contributed by atoms with Gasteiger partial charge < -0.3 is 10.6 Å². The minimum atomic E-state index is -0.180. The highest BCUT2D eigenvalue weighted by molar-refractivity contribution is 9.10. The van der Waals surface area contributed by atoms with E-state index in [4.69, 9.17) is 0 Å². The van der Waals surface area contributed by atoms with Crippen LogP contribution in [0.5, 0.6) is 0 Å². The second-order valence-electron chi connectivity index (χ2n) is 5.34. The summed E-state index contributed by atoms with van der Waals surface area (Å²) in [5.74, 6) is 0.0432.